The first kappa shape index (κ1) is 25.4. The minimum atomic E-state index is 0.468. The summed E-state index contributed by atoms with van der Waals surface area (Å²) in [6.45, 7) is 4.49. The van der Waals surface area contributed by atoms with Gasteiger partial charge in [-0.1, -0.05) is 98.8 Å². The molecule has 2 nitrogen and oxygen atoms in total. The Morgan fingerprint density at radius 2 is 1.18 bits per heavy atom. The highest BCUT2D eigenvalue weighted by Gasteiger charge is 2.21. The Balaban J connectivity index is 1.36. The van der Waals surface area contributed by atoms with Crippen LogP contribution in [0, 0.1) is 0 Å². The van der Waals surface area contributed by atoms with Crippen LogP contribution in [-0.4, -0.2) is 0 Å². The first-order valence-corrected chi connectivity index (χ1v) is 16.0. The van der Waals surface area contributed by atoms with Crippen molar-refractivity contribution >= 4 is 92.1 Å². The van der Waals surface area contributed by atoms with Gasteiger partial charge < -0.3 is 9.32 Å². The highest BCUT2D eigenvalue weighted by molar-refractivity contribution is 7.26. The summed E-state index contributed by atoms with van der Waals surface area (Å²) in [7, 11) is 0. The molecular formula is C41H29NOS. The number of anilines is 3. The molecule has 2 aromatic heterocycles. The summed E-state index contributed by atoms with van der Waals surface area (Å²) >= 11 is 1.88. The van der Waals surface area contributed by atoms with Gasteiger partial charge in [-0.05, 0) is 70.1 Å². The van der Waals surface area contributed by atoms with Crippen LogP contribution in [0.5, 0.6) is 0 Å². The molecule has 2 heterocycles. The van der Waals surface area contributed by atoms with E-state index in [1.807, 2.05) is 23.5 Å². The largest absolute Gasteiger partial charge is 0.456 e. The van der Waals surface area contributed by atoms with Crippen LogP contribution in [0.2, 0.25) is 0 Å². The zero-order valence-electron chi connectivity index (χ0n) is 24.5. The van der Waals surface area contributed by atoms with E-state index >= 15 is 0 Å². The van der Waals surface area contributed by atoms with Crippen LogP contribution in [0.3, 0.4) is 0 Å². The molecule has 9 aromatic rings. The molecule has 0 unspecified atom stereocenters. The molecule has 0 N–H and O–H groups in total. The van der Waals surface area contributed by atoms with Gasteiger partial charge in [-0.15, -0.1) is 11.3 Å². The molecule has 0 spiro atoms. The molecule has 0 amide bonds. The van der Waals surface area contributed by atoms with Crippen molar-refractivity contribution in [2.24, 2.45) is 0 Å². The molecule has 0 bridgehead atoms. The summed E-state index contributed by atoms with van der Waals surface area (Å²) in [6.07, 6.45) is 0. The van der Waals surface area contributed by atoms with Gasteiger partial charge in [-0.3, -0.25) is 0 Å². The summed E-state index contributed by atoms with van der Waals surface area (Å²) in [6, 6.07) is 48.5. The van der Waals surface area contributed by atoms with Crippen molar-refractivity contribution in [1.29, 1.82) is 0 Å². The van der Waals surface area contributed by atoms with Crippen molar-refractivity contribution in [3.05, 3.63) is 139 Å². The van der Waals surface area contributed by atoms with Gasteiger partial charge in [0, 0.05) is 53.8 Å². The first-order chi connectivity index (χ1) is 21.6. The minimum absolute atomic E-state index is 0.468. The topological polar surface area (TPSA) is 16.4 Å². The monoisotopic (exact) mass is 583 g/mol. The van der Waals surface area contributed by atoms with Crippen LogP contribution in [-0.2, 0) is 0 Å². The number of rotatable bonds is 4. The summed E-state index contributed by atoms with van der Waals surface area (Å²) in [4.78, 5) is 2.40. The molecule has 0 aliphatic heterocycles. The lowest BCUT2D eigenvalue weighted by molar-refractivity contribution is 0.669. The smallest absolute Gasteiger partial charge is 0.137 e. The van der Waals surface area contributed by atoms with Crippen molar-refractivity contribution in [3.63, 3.8) is 0 Å². The number of hydrogen-bond donors (Lipinski definition) is 0. The second kappa shape index (κ2) is 9.70. The van der Waals surface area contributed by atoms with Gasteiger partial charge in [0.15, 0.2) is 0 Å². The summed E-state index contributed by atoms with van der Waals surface area (Å²) in [5.41, 5.74) is 6.50. The second-order valence-corrected chi connectivity index (χ2v) is 13.0. The van der Waals surface area contributed by atoms with Crippen molar-refractivity contribution in [2.45, 2.75) is 19.8 Å². The van der Waals surface area contributed by atoms with Crippen molar-refractivity contribution in [2.75, 3.05) is 4.90 Å². The van der Waals surface area contributed by atoms with E-state index in [1.54, 1.807) is 0 Å². The van der Waals surface area contributed by atoms with Crippen LogP contribution in [0.1, 0.15) is 25.3 Å². The normalized spacial score (nSPS) is 12.1. The second-order valence-electron chi connectivity index (χ2n) is 11.9. The quantitative estimate of drug-likeness (QED) is 0.205. The van der Waals surface area contributed by atoms with E-state index in [0.29, 0.717) is 5.92 Å². The summed E-state index contributed by atoms with van der Waals surface area (Å²) < 4.78 is 8.99. The highest BCUT2D eigenvalue weighted by Crippen LogP contribution is 2.48. The molecule has 0 fully saturated rings. The zero-order chi connectivity index (χ0) is 29.4. The number of thiophene rings is 1. The molecule has 44 heavy (non-hydrogen) atoms. The van der Waals surface area contributed by atoms with E-state index in [0.717, 1.165) is 39.0 Å². The average Bonchev–Trinajstić information content (AvgIpc) is 3.63. The predicted octanol–water partition coefficient (Wildman–Crippen LogP) is 12.9. The molecule has 0 aliphatic carbocycles. The van der Waals surface area contributed by atoms with Crippen LogP contribution in [0.25, 0.3) is 63.7 Å². The number of nitrogens with zero attached hydrogens (tertiary/aromatic N) is 1. The van der Waals surface area contributed by atoms with Gasteiger partial charge in [0.05, 0.1) is 5.69 Å². The first-order valence-electron chi connectivity index (χ1n) is 15.2. The summed E-state index contributed by atoms with van der Waals surface area (Å²) in [5, 5.41) is 10.1. The number of fused-ring (bicyclic) bond motifs is 10. The van der Waals surface area contributed by atoms with Gasteiger partial charge in [0.25, 0.3) is 0 Å². The third kappa shape index (κ3) is 3.79. The molecule has 0 aliphatic rings. The summed E-state index contributed by atoms with van der Waals surface area (Å²) in [5.74, 6) is 0.468. The fourth-order valence-electron chi connectivity index (χ4n) is 6.86. The lowest BCUT2D eigenvalue weighted by Gasteiger charge is -2.27. The zero-order valence-corrected chi connectivity index (χ0v) is 25.4. The maximum absolute atomic E-state index is 6.38. The fourth-order valence-corrected chi connectivity index (χ4v) is 8.03. The van der Waals surface area contributed by atoms with Gasteiger partial charge >= 0.3 is 0 Å². The third-order valence-electron chi connectivity index (χ3n) is 9.03. The predicted molar refractivity (Wildman–Crippen MR) is 190 cm³/mol. The Bertz CT molecular complexity index is 2530. The molecule has 3 heteroatoms. The molecule has 0 saturated carbocycles. The molecule has 0 atom stereocenters. The molecular weight excluding hydrogens is 555 g/mol. The Kier molecular flexibility index (Phi) is 5.60. The fraction of sp³-hybridized carbons (Fsp3) is 0.0732. The SMILES string of the molecule is CC(C)c1ccc(N(c2ccc3c(c2)oc2ccccc23)c2cc3sc4ccc5ccccc5c4c3c3ccccc23)cc1. The Morgan fingerprint density at radius 1 is 0.523 bits per heavy atom. The van der Waals surface area contributed by atoms with E-state index in [4.69, 9.17) is 4.42 Å². The number of hydrogen-bond acceptors (Lipinski definition) is 3. The van der Waals surface area contributed by atoms with Gasteiger partial charge in [0.2, 0.25) is 0 Å². The number of para-hydroxylation sites is 1. The third-order valence-corrected chi connectivity index (χ3v) is 10.1. The number of furan rings is 1. The number of benzene rings is 7. The maximum atomic E-state index is 6.38. The van der Waals surface area contributed by atoms with Gasteiger partial charge in [-0.25, -0.2) is 0 Å². The Hall–Kier alpha value is -5.12. The van der Waals surface area contributed by atoms with E-state index in [-0.39, 0.29) is 0 Å². The molecule has 0 saturated heterocycles. The average molecular weight is 584 g/mol. The Morgan fingerprint density at radius 3 is 2.00 bits per heavy atom. The van der Waals surface area contributed by atoms with Crippen LogP contribution >= 0.6 is 11.3 Å². The standard InChI is InChI=1S/C41H29NOS/c1-25(2)26-15-18-28(19-16-26)42(29-20-21-33-32-12-7-8-14-36(32)43-37(33)23-29)35-24-39-41(34-13-6-5-11-31(34)35)40-30-10-4-3-9-27(30)17-22-38(40)44-39/h3-25H,1-2H3. The van der Waals surface area contributed by atoms with Gasteiger partial charge in [0.1, 0.15) is 11.2 Å². The van der Waals surface area contributed by atoms with Crippen LogP contribution in [0.15, 0.2) is 138 Å². The lowest BCUT2D eigenvalue weighted by Crippen LogP contribution is -2.10. The lowest BCUT2D eigenvalue weighted by atomic mass is 9.97. The van der Waals surface area contributed by atoms with E-state index in [1.165, 1.54) is 47.3 Å². The van der Waals surface area contributed by atoms with Gasteiger partial charge in [-0.2, -0.15) is 0 Å². The van der Waals surface area contributed by atoms with E-state index in [2.05, 4.69) is 140 Å². The van der Waals surface area contributed by atoms with Crippen molar-refractivity contribution in [1.82, 2.24) is 0 Å². The molecule has 210 valence electrons. The van der Waals surface area contributed by atoms with E-state index in [9.17, 15) is 0 Å². The van der Waals surface area contributed by atoms with Crippen molar-refractivity contribution < 1.29 is 4.42 Å². The molecule has 9 rings (SSSR count). The Labute approximate surface area is 259 Å². The van der Waals surface area contributed by atoms with Crippen molar-refractivity contribution in [3.8, 4) is 0 Å². The van der Waals surface area contributed by atoms with Crippen LogP contribution in [0.4, 0.5) is 17.1 Å². The highest BCUT2D eigenvalue weighted by atomic mass is 32.1. The molecule has 0 radical (unpaired) electrons. The maximum Gasteiger partial charge on any atom is 0.137 e. The minimum Gasteiger partial charge on any atom is -0.456 e. The molecule has 7 aromatic carbocycles. The van der Waals surface area contributed by atoms with E-state index < -0.39 is 0 Å². The van der Waals surface area contributed by atoms with Crippen LogP contribution < -0.4 is 4.90 Å².